The fourth-order valence-electron chi connectivity index (χ4n) is 2.06. The predicted octanol–water partition coefficient (Wildman–Crippen LogP) is 3.20. The Kier molecular flexibility index (Phi) is 3.53. The molecule has 106 valence electrons. The molecule has 1 aromatic carbocycles. The lowest BCUT2D eigenvalue weighted by molar-refractivity contribution is 0.102. The molecular formula is C15H14N4OS. The van der Waals surface area contributed by atoms with Crippen molar-refractivity contribution in [2.24, 2.45) is 0 Å². The highest BCUT2D eigenvalue weighted by Gasteiger charge is 2.15. The number of aryl methyl sites for hydroxylation is 1. The fraction of sp³-hybridized carbons (Fsp3) is 0.133. The van der Waals surface area contributed by atoms with Crippen molar-refractivity contribution in [3.8, 4) is 5.69 Å². The Balaban J connectivity index is 1.87. The minimum Gasteiger partial charge on any atom is -0.312 e. The maximum Gasteiger partial charge on any atom is 0.259 e. The van der Waals surface area contributed by atoms with Gasteiger partial charge in [0.1, 0.15) is 5.00 Å². The summed E-state index contributed by atoms with van der Waals surface area (Å²) in [6.45, 7) is 3.78. The van der Waals surface area contributed by atoms with Crippen LogP contribution in [-0.2, 0) is 0 Å². The van der Waals surface area contributed by atoms with Crippen LogP contribution in [0.4, 0.5) is 5.00 Å². The lowest BCUT2D eigenvalue weighted by Crippen LogP contribution is -2.12. The first kappa shape index (κ1) is 13.5. The molecular weight excluding hydrogens is 284 g/mol. The third kappa shape index (κ3) is 2.71. The minimum atomic E-state index is -0.168. The molecule has 0 saturated heterocycles. The van der Waals surface area contributed by atoms with Crippen LogP contribution in [0, 0.1) is 13.8 Å². The van der Waals surface area contributed by atoms with Crippen molar-refractivity contribution in [2.75, 3.05) is 5.32 Å². The van der Waals surface area contributed by atoms with Crippen LogP contribution in [0.15, 0.2) is 42.6 Å². The summed E-state index contributed by atoms with van der Waals surface area (Å²) in [6.07, 6.45) is 1.59. The minimum absolute atomic E-state index is 0.168. The largest absolute Gasteiger partial charge is 0.312 e. The molecule has 0 atom stereocenters. The number of carbonyl (C=O) groups excluding carboxylic acids is 1. The molecule has 5 nitrogen and oxygen atoms in total. The van der Waals surface area contributed by atoms with Crippen LogP contribution in [0.5, 0.6) is 0 Å². The number of carbonyl (C=O) groups is 1. The fourth-order valence-corrected chi connectivity index (χ4v) is 2.72. The van der Waals surface area contributed by atoms with Gasteiger partial charge in [0.2, 0.25) is 0 Å². The number of aromatic nitrogens is 3. The first-order chi connectivity index (χ1) is 10.1. The highest BCUT2D eigenvalue weighted by molar-refractivity contribution is 7.10. The summed E-state index contributed by atoms with van der Waals surface area (Å²) in [6, 6.07) is 11.6. The lowest BCUT2D eigenvalue weighted by Gasteiger charge is -2.05. The topological polar surface area (TPSA) is 59.8 Å². The average molecular weight is 298 g/mol. The molecule has 0 bridgehead atoms. The zero-order valence-corrected chi connectivity index (χ0v) is 12.5. The molecule has 0 spiro atoms. The lowest BCUT2D eigenvalue weighted by atomic mass is 10.2. The van der Waals surface area contributed by atoms with Gasteiger partial charge in [-0.2, -0.15) is 9.47 Å². The molecule has 0 aliphatic carbocycles. The Bertz CT molecular complexity index is 776. The van der Waals surface area contributed by atoms with Gasteiger partial charge in [0.15, 0.2) is 0 Å². The van der Waals surface area contributed by atoms with Crippen molar-refractivity contribution in [1.29, 1.82) is 0 Å². The van der Waals surface area contributed by atoms with Crippen LogP contribution in [0.1, 0.15) is 21.7 Å². The summed E-state index contributed by atoms with van der Waals surface area (Å²) >= 11 is 1.27. The Hall–Kier alpha value is -2.47. The second-order valence-corrected chi connectivity index (χ2v) is 5.48. The first-order valence-electron chi connectivity index (χ1n) is 6.50. The van der Waals surface area contributed by atoms with E-state index in [1.165, 1.54) is 11.5 Å². The number of nitrogens with one attached hydrogen (secondary N) is 1. The van der Waals surface area contributed by atoms with Gasteiger partial charge in [-0.15, -0.1) is 0 Å². The van der Waals surface area contributed by atoms with Gasteiger partial charge < -0.3 is 5.32 Å². The maximum atomic E-state index is 12.3. The van der Waals surface area contributed by atoms with E-state index in [1.54, 1.807) is 10.9 Å². The number of hydrogen-bond acceptors (Lipinski definition) is 4. The molecule has 21 heavy (non-hydrogen) atoms. The molecule has 0 aliphatic rings. The zero-order chi connectivity index (χ0) is 14.8. The SMILES string of the molecule is Cc1cc(NC(=O)c2cnn(-c3ccccc3)c2C)sn1. The summed E-state index contributed by atoms with van der Waals surface area (Å²) in [5.74, 6) is -0.168. The van der Waals surface area contributed by atoms with Gasteiger partial charge in [-0.25, -0.2) is 4.68 Å². The first-order valence-corrected chi connectivity index (χ1v) is 7.27. The van der Waals surface area contributed by atoms with Crippen LogP contribution < -0.4 is 5.32 Å². The van der Waals surface area contributed by atoms with Crippen LogP contribution >= 0.6 is 11.5 Å². The van der Waals surface area contributed by atoms with Crippen LogP contribution in [-0.4, -0.2) is 20.1 Å². The standard InChI is InChI=1S/C15H14N4OS/c1-10-8-14(21-18-10)17-15(20)13-9-16-19(11(13)2)12-6-4-3-5-7-12/h3-9H,1-2H3,(H,17,20). The maximum absolute atomic E-state index is 12.3. The summed E-state index contributed by atoms with van der Waals surface area (Å²) in [4.78, 5) is 12.3. The van der Waals surface area contributed by atoms with E-state index in [-0.39, 0.29) is 5.91 Å². The van der Waals surface area contributed by atoms with Gasteiger partial charge >= 0.3 is 0 Å². The van der Waals surface area contributed by atoms with Gasteiger partial charge in [0.05, 0.1) is 28.8 Å². The van der Waals surface area contributed by atoms with E-state index in [2.05, 4.69) is 14.8 Å². The van der Waals surface area contributed by atoms with E-state index >= 15 is 0 Å². The number of rotatable bonds is 3. The molecule has 1 N–H and O–H groups in total. The quantitative estimate of drug-likeness (QED) is 0.807. The van der Waals surface area contributed by atoms with Crippen LogP contribution in [0.3, 0.4) is 0 Å². The van der Waals surface area contributed by atoms with E-state index < -0.39 is 0 Å². The second kappa shape index (κ2) is 5.49. The van der Waals surface area contributed by atoms with Gasteiger partial charge in [-0.05, 0) is 43.6 Å². The molecule has 3 aromatic rings. The average Bonchev–Trinajstić information content (AvgIpc) is 3.06. The Morgan fingerprint density at radius 2 is 2.00 bits per heavy atom. The smallest absolute Gasteiger partial charge is 0.259 e. The number of para-hydroxylation sites is 1. The Morgan fingerprint density at radius 1 is 1.24 bits per heavy atom. The van der Waals surface area contributed by atoms with E-state index in [0.717, 1.165) is 22.1 Å². The zero-order valence-electron chi connectivity index (χ0n) is 11.7. The predicted molar refractivity (Wildman–Crippen MR) is 83.1 cm³/mol. The molecule has 2 aromatic heterocycles. The number of amides is 1. The number of nitrogens with zero attached hydrogens (tertiary/aromatic N) is 3. The molecule has 0 fully saturated rings. The Morgan fingerprint density at radius 3 is 2.67 bits per heavy atom. The van der Waals surface area contributed by atoms with E-state index in [9.17, 15) is 4.79 Å². The van der Waals surface area contributed by atoms with Crippen molar-refractivity contribution in [3.05, 3.63) is 59.5 Å². The summed E-state index contributed by atoms with van der Waals surface area (Å²) in [7, 11) is 0. The summed E-state index contributed by atoms with van der Waals surface area (Å²) in [5.41, 5.74) is 3.19. The van der Waals surface area contributed by atoms with E-state index in [4.69, 9.17) is 0 Å². The van der Waals surface area contributed by atoms with Crippen LogP contribution in [0.2, 0.25) is 0 Å². The number of anilines is 1. The van der Waals surface area contributed by atoms with E-state index in [1.807, 2.05) is 50.2 Å². The summed E-state index contributed by atoms with van der Waals surface area (Å²) < 4.78 is 5.90. The van der Waals surface area contributed by atoms with Gasteiger partial charge in [0.25, 0.3) is 5.91 Å². The van der Waals surface area contributed by atoms with E-state index in [0.29, 0.717) is 5.56 Å². The van der Waals surface area contributed by atoms with Crippen molar-refractivity contribution in [1.82, 2.24) is 14.2 Å². The van der Waals surface area contributed by atoms with Crippen molar-refractivity contribution in [2.45, 2.75) is 13.8 Å². The van der Waals surface area contributed by atoms with Crippen LogP contribution in [0.25, 0.3) is 5.69 Å². The molecule has 3 rings (SSSR count). The highest BCUT2D eigenvalue weighted by Crippen LogP contribution is 2.19. The molecule has 0 unspecified atom stereocenters. The third-order valence-corrected chi connectivity index (χ3v) is 3.92. The molecule has 2 heterocycles. The molecule has 1 amide bonds. The monoisotopic (exact) mass is 298 g/mol. The second-order valence-electron chi connectivity index (χ2n) is 4.68. The van der Waals surface area contributed by atoms with Gasteiger partial charge in [0, 0.05) is 0 Å². The van der Waals surface area contributed by atoms with Crippen molar-refractivity contribution in [3.63, 3.8) is 0 Å². The summed E-state index contributed by atoms with van der Waals surface area (Å²) in [5, 5.41) is 7.89. The van der Waals surface area contributed by atoms with Crippen molar-refractivity contribution >= 4 is 22.4 Å². The molecule has 0 radical (unpaired) electrons. The molecule has 0 aliphatic heterocycles. The third-order valence-electron chi connectivity index (χ3n) is 3.12. The molecule has 6 heteroatoms. The van der Waals surface area contributed by atoms with Gasteiger partial charge in [-0.3, -0.25) is 4.79 Å². The number of benzene rings is 1. The van der Waals surface area contributed by atoms with Gasteiger partial charge in [-0.1, -0.05) is 18.2 Å². The highest BCUT2D eigenvalue weighted by atomic mass is 32.1. The normalized spacial score (nSPS) is 10.6. The Labute approximate surface area is 126 Å². The van der Waals surface area contributed by atoms with Crippen molar-refractivity contribution < 1.29 is 4.79 Å². The molecule has 0 saturated carbocycles. The number of hydrogen-bond donors (Lipinski definition) is 1.